The number of amides is 2. The van der Waals surface area contributed by atoms with Gasteiger partial charge in [0.05, 0.1) is 16.0 Å². The number of piperidine rings is 1. The number of hydrogen-bond acceptors (Lipinski definition) is 9. The van der Waals surface area contributed by atoms with Gasteiger partial charge in [-0.2, -0.15) is 5.26 Å². The highest BCUT2D eigenvalue weighted by Crippen LogP contribution is 2.34. The van der Waals surface area contributed by atoms with Crippen LogP contribution in [0.3, 0.4) is 0 Å². The summed E-state index contributed by atoms with van der Waals surface area (Å²) in [4.78, 5) is 54.9. The summed E-state index contributed by atoms with van der Waals surface area (Å²) in [6.45, 7) is 7.02. The summed E-state index contributed by atoms with van der Waals surface area (Å²) < 4.78 is 10.2. The number of hydrogen-bond donors (Lipinski definition) is 0. The van der Waals surface area contributed by atoms with Crippen LogP contribution in [-0.2, 0) is 19.1 Å². The molecule has 0 aliphatic carbocycles. The van der Waals surface area contributed by atoms with E-state index in [-0.39, 0.29) is 42.7 Å². The number of carbonyl (C=O) groups is 3. The standard InChI is InChI=1S/C20H24BrN5O7/c1-5-32-18(28)17(27)25(16-15(26(30)31)10-13(21)14(11-22)23-16)12-6-8-24(9-7-12)19(29)33-20(2,3)4/h10,12H,5-9H2,1-4H3. The monoisotopic (exact) mass is 525 g/mol. The number of nitriles is 1. The van der Waals surface area contributed by atoms with Gasteiger partial charge in [-0.3, -0.25) is 19.8 Å². The Morgan fingerprint density at radius 1 is 1.36 bits per heavy atom. The molecule has 1 saturated heterocycles. The third-order valence-electron chi connectivity index (χ3n) is 4.62. The zero-order valence-electron chi connectivity index (χ0n) is 18.7. The molecule has 1 fully saturated rings. The maximum Gasteiger partial charge on any atom is 0.410 e. The summed E-state index contributed by atoms with van der Waals surface area (Å²) in [5, 5.41) is 21.0. The second-order valence-electron chi connectivity index (χ2n) is 8.12. The quantitative estimate of drug-likeness (QED) is 0.249. The summed E-state index contributed by atoms with van der Waals surface area (Å²) in [6.07, 6.45) is -0.133. The first kappa shape index (κ1) is 26.0. The van der Waals surface area contributed by atoms with E-state index in [1.165, 1.54) is 11.8 Å². The van der Waals surface area contributed by atoms with Gasteiger partial charge in [-0.05, 0) is 56.5 Å². The molecule has 2 heterocycles. The molecule has 1 aliphatic heterocycles. The maximum absolute atomic E-state index is 13.0. The molecule has 12 nitrogen and oxygen atoms in total. The van der Waals surface area contributed by atoms with E-state index in [9.17, 15) is 29.8 Å². The van der Waals surface area contributed by atoms with Crippen LogP contribution in [-0.4, -0.2) is 64.1 Å². The lowest BCUT2D eigenvalue weighted by Crippen LogP contribution is -2.52. The second kappa shape index (κ2) is 10.6. The Balaban J connectivity index is 2.43. The second-order valence-corrected chi connectivity index (χ2v) is 8.98. The van der Waals surface area contributed by atoms with Gasteiger partial charge in [0.2, 0.25) is 5.82 Å². The summed E-state index contributed by atoms with van der Waals surface area (Å²) in [6, 6.07) is 2.14. The topological polar surface area (TPSA) is 156 Å². The third-order valence-corrected chi connectivity index (χ3v) is 5.22. The van der Waals surface area contributed by atoms with Crippen molar-refractivity contribution in [3.8, 4) is 6.07 Å². The molecule has 0 N–H and O–H groups in total. The minimum absolute atomic E-state index is 0.0729. The molecule has 0 radical (unpaired) electrons. The predicted molar refractivity (Wildman–Crippen MR) is 118 cm³/mol. The highest BCUT2D eigenvalue weighted by molar-refractivity contribution is 9.10. The van der Waals surface area contributed by atoms with E-state index in [2.05, 4.69) is 20.9 Å². The fourth-order valence-electron chi connectivity index (χ4n) is 3.22. The normalized spacial score (nSPS) is 14.2. The minimum Gasteiger partial charge on any atom is -0.459 e. The number of esters is 1. The van der Waals surface area contributed by atoms with Crippen molar-refractivity contribution in [3.63, 3.8) is 0 Å². The van der Waals surface area contributed by atoms with Crippen LogP contribution >= 0.6 is 15.9 Å². The molecular weight excluding hydrogens is 502 g/mol. The maximum atomic E-state index is 13.0. The first-order valence-electron chi connectivity index (χ1n) is 10.1. The molecule has 0 saturated carbocycles. The number of halogens is 1. The zero-order valence-corrected chi connectivity index (χ0v) is 20.2. The van der Waals surface area contributed by atoms with E-state index < -0.39 is 46.0 Å². The van der Waals surface area contributed by atoms with Gasteiger partial charge in [0.15, 0.2) is 5.69 Å². The third kappa shape index (κ3) is 6.38. The summed E-state index contributed by atoms with van der Waals surface area (Å²) in [5.74, 6) is -2.78. The van der Waals surface area contributed by atoms with Crippen LogP contribution in [0.15, 0.2) is 10.5 Å². The summed E-state index contributed by atoms with van der Waals surface area (Å²) in [7, 11) is 0. The average molecular weight is 526 g/mol. The number of anilines is 1. The van der Waals surface area contributed by atoms with E-state index in [1.54, 1.807) is 26.8 Å². The number of rotatable bonds is 4. The number of nitrogens with zero attached hydrogens (tertiary/aromatic N) is 5. The SMILES string of the molecule is CCOC(=O)C(=O)N(c1nc(C#N)c(Br)cc1[N+](=O)[O-])C1CCN(C(=O)OC(C)(C)C)CC1. The largest absolute Gasteiger partial charge is 0.459 e. The Labute approximate surface area is 198 Å². The predicted octanol–water partition coefficient (Wildman–Crippen LogP) is 2.92. The molecule has 0 aromatic carbocycles. The molecule has 13 heteroatoms. The number of aromatic nitrogens is 1. The number of likely N-dealkylation sites (tertiary alicyclic amines) is 1. The number of ether oxygens (including phenoxy) is 2. The molecule has 0 unspecified atom stereocenters. The van der Waals surface area contributed by atoms with Gasteiger partial charge < -0.3 is 14.4 Å². The lowest BCUT2D eigenvalue weighted by Gasteiger charge is -2.37. The minimum atomic E-state index is -1.20. The Kier molecular flexibility index (Phi) is 8.32. The van der Waals surface area contributed by atoms with Gasteiger partial charge in [-0.25, -0.2) is 14.6 Å². The highest BCUT2D eigenvalue weighted by atomic mass is 79.9. The van der Waals surface area contributed by atoms with Crippen LogP contribution in [0.5, 0.6) is 0 Å². The van der Waals surface area contributed by atoms with Crippen LogP contribution in [0, 0.1) is 21.4 Å². The van der Waals surface area contributed by atoms with Crippen molar-refractivity contribution in [2.24, 2.45) is 0 Å². The Morgan fingerprint density at radius 2 is 1.97 bits per heavy atom. The van der Waals surface area contributed by atoms with Crippen molar-refractivity contribution in [2.45, 2.75) is 52.2 Å². The van der Waals surface area contributed by atoms with Crippen molar-refractivity contribution >= 4 is 45.4 Å². The van der Waals surface area contributed by atoms with E-state index in [1.807, 2.05) is 0 Å². The van der Waals surface area contributed by atoms with Gasteiger partial charge in [0.25, 0.3) is 0 Å². The van der Waals surface area contributed by atoms with E-state index >= 15 is 0 Å². The fourth-order valence-corrected chi connectivity index (χ4v) is 3.61. The van der Waals surface area contributed by atoms with E-state index in [0.717, 1.165) is 11.0 Å². The van der Waals surface area contributed by atoms with Crippen LogP contribution in [0.25, 0.3) is 0 Å². The molecule has 2 rings (SSSR count). The lowest BCUT2D eigenvalue weighted by molar-refractivity contribution is -0.384. The van der Waals surface area contributed by atoms with Crippen LogP contribution in [0.1, 0.15) is 46.2 Å². The molecule has 33 heavy (non-hydrogen) atoms. The first-order chi connectivity index (χ1) is 15.4. The van der Waals surface area contributed by atoms with Crippen LogP contribution in [0.4, 0.5) is 16.3 Å². The molecule has 0 spiro atoms. The molecule has 1 aromatic heterocycles. The summed E-state index contributed by atoms with van der Waals surface area (Å²) in [5.41, 5.74) is -1.44. The zero-order chi connectivity index (χ0) is 24.9. The fraction of sp³-hybridized carbons (Fsp3) is 0.550. The molecule has 0 bridgehead atoms. The van der Waals surface area contributed by atoms with Gasteiger partial charge >= 0.3 is 23.7 Å². The van der Waals surface area contributed by atoms with Gasteiger partial charge in [-0.1, -0.05) is 0 Å². The van der Waals surface area contributed by atoms with Crippen LogP contribution < -0.4 is 4.90 Å². The van der Waals surface area contributed by atoms with E-state index in [0.29, 0.717) is 0 Å². The Bertz CT molecular complexity index is 994. The molecule has 0 atom stereocenters. The average Bonchev–Trinajstić information content (AvgIpc) is 2.73. The Hall–Kier alpha value is -3.27. The Morgan fingerprint density at radius 3 is 2.45 bits per heavy atom. The number of carbonyl (C=O) groups excluding carboxylic acids is 3. The first-order valence-corrected chi connectivity index (χ1v) is 10.9. The molecular formula is C20H24BrN5O7. The molecule has 1 aliphatic rings. The van der Waals surface area contributed by atoms with Crippen molar-refractivity contribution < 1.29 is 28.8 Å². The smallest absolute Gasteiger partial charge is 0.410 e. The van der Waals surface area contributed by atoms with Gasteiger partial charge in [0, 0.05) is 25.2 Å². The molecule has 178 valence electrons. The van der Waals surface area contributed by atoms with Gasteiger partial charge in [-0.15, -0.1) is 0 Å². The van der Waals surface area contributed by atoms with Crippen molar-refractivity contribution in [3.05, 3.63) is 26.3 Å². The lowest BCUT2D eigenvalue weighted by atomic mass is 10.0. The highest BCUT2D eigenvalue weighted by Gasteiger charge is 2.39. The van der Waals surface area contributed by atoms with Gasteiger partial charge in [0.1, 0.15) is 11.7 Å². The van der Waals surface area contributed by atoms with Crippen LogP contribution in [0.2, 0.25) is 0 Å². The van der Waals surface area contributed by atoms with Crippen molar-refractivity contribution in [1.29, 1.82) is 5.26 Å². The summed E-state index contributed by atoms with van der Waals surface area (Å²) >= 11 is 3.05. The molecule has 2 amide bonds. The molecule has 1 aromatic rings. The van der Waals surface area contributed by atoms with Crippen molar-refractivity contribution in [2.75, 3.05) is 24.6 Å². The number of nitro groups is 1. The number of pyridine rings is 1. The van der Waals surface area contributed by atoms with Crippen molar-refractivity contribution in [1.82, 2.24) is 9.88 Å². The van der Waals surface area contributed by atoms with E-state index in [4.69, 9.17) is 9.47 Å².